The van der Waals surface area contributed by atoms with Crippen molar-refractivity contribution in [3.8, 4) is 5.88 Å². The molecule has 5 heteroatoms. The molecule has 2 heterocycles. The molecule has 0 amide bonds. The van der Waals surface area contributed by atoms with E-state index in [2.05, 4.69) is 15.0 Å². The highest BCUT2D eigenvalue weighted by Crippen LogP contribution is 2.24. The van der Waals surface area contributed by atoms with E-state index in [1.54, 1.807) is 12.4 Å². The van der Waals surface area contributed by atoms with Crippen LogP contribution in [0.25, 0.3) is 11.0 Å². The number of halogens is 1. The summed E-state index contributed by atoms with van der Waals surface area (Å²) in [6.07, 6.45) is 1.60. The van der Waals surface area contributed by atoms with Gasteiger partial charge in [0.15, 0.2) is 0 Å². The topological polar surface area (TPSA) is 50.8 Å². The predicted molar refractivity (Wildman–Crippen MR) is 69.7 cm³/mol. The van der Waals surface area contributed by atoms with Crippen molar-refractivity contribution in [1.29, 1.82) is 0 Å². The lowest BCUT2D eigenvalue weighted by Gasteiger charge is -2.06. The first-order valence-corrected chi connectivity index (χ1v) is 5.87. The number of aromatic amines is 1. The van der Waals surface area contributed by atoms with Crippen LogP contribution in [-0.2, 0) is 6.61 Å². The van der Waals surface area contributed by atoms with Gasteiger partial charge >= 0.3 is 0 Å². The van der Waals surface area contributed by atoms with Crippen molar-refractivity contribution >= 4 is 22.6 Å². The van der Waals surface area contributed by atoms with Crippen LogP contribution in [0.5, 0.6) is 5.88 Å². The first kappa shape index (κ1) is 11.0. The first-order valence-electron chi connectivity index (χ1n) is 5.49. The largest absolute Gasteiger partial charge is 0.471 e. The van der Waals surface area contributed by atoms with Crippen LogP contribution >= 0.6 is 11.6 Å². The Hall–Kier alpha value is -2.07. The third-order valence-corrected chi connectivity index (χ3v) is 2.76. The van der Waals surface area contributed by atoms with E-state index >= 15 is 0 Å². The normalized spacial score (nSPS) is 10.7. The summed E-state index contributed by atoms with van der Waals surface area (Å²) in [5.74, 6) is 0.471. The van der Waals surface area contributed by atoms with Gasteiger partial charge in [0.1, 0.15) is 17.3 Å². The number of benzene rings is 1. The molecule has 0 saturated carbocycles. The first-order chi connectivity index (χ1) is 8.83. The van der Waals surface area contributed by atoms with E-state index in [4.69, 9.17) is 16.3 Å². The number of fused-ring (bicyclic) bond motifs is 1. The minimum atomic E-state index is 0.373. The van der Waals surface area contributed by atoms with Crippen molar-refractivity contribution in [2.75, 3.05) is 0 Å². The third-order valence-electron chi connectivity index (χ3n) is 2.57. The molecule has 2 aromatic heterocycles. The Labute approximate surface area is 109 Å². The molecule has 18 heavy (non-hydrogen) atoms. The molecule has 90 valence electrons. The molecule has 0 unspecified atom stereocenters. The number of nitrogens with zero attached hydrogens (tertiary/aromatic N) is 2. The van der Waals surface area contributed by atoms with Crippen molar-refractivity contribution in [2.45, 2.75) is 6.61 Å². The molecule has 3 rings (SSSR count). The van der Waals surface area contributed by atoms with Crippen molar-refractivity contribution in [1.82, 2.24) is 15.0 Å². The van der Waals surface area contributed by atoms with Crippen molar-refractivity contribution in [3.05, 3.63) is 53.4 Å². The van der Waals surface area contributed by atoms with Gasteiger partial charge in [-0.05, 0) is 5.56 Å². The number of imidazole rings is 1. The van der Waals surface area contributed by atoms with Crippen LogP contribution < -0.4 is 4.74 Å². The summed E-state index contributed by atoms with van der Waals surface area (Å²) in [6, 6.07) is 11.6. The summed E-state index contributed by atoms with van der Waals surface area (Å²) in [5.41, 5.74) is 2.58. The molecule has 4 nitrogen and oxygen atoms in total. The lowest BCUT2D eigenvalue weighted by Crippen LogP contribution is -1.98. The number of ether oxygens (including phenoxy) is 1. The zero-order chi connectivity index (χ0) is 12.4. The Kier molecular flexibility index (Phi) is 2.86. The highest BCUT2D eigenvalue weighted by molar-refractivity contribution is 6.30. The molecular weight excluding hydrogens is 250 g/mol. The van der Waals surface area contributed by atoms with Crippen LogP contribution in [0.1, 0.15) is 5.56 Å². The molecule has 0 spiro atoms. The van der Waals surface area contributed by atoms with Crippen LogP contribution in [0.4, 0.5) is 0 Å². The summed E-state index contributed by atoms with van der Waals surface area (Å²) in [7, 11) is 0. The Morgan fingerprint density at radius 2 is 2.06 bits per heavy atom. The fourth-order valence-electron chi connectivity index (χ4n) is 1.71. The molecule has 0 aliphatic carbocycles. The van der Waals surface area contributed by atoms with E-state index in [9.17, 15) is 0 Å². The van der Waals surface area contributed by atoms with Gasteiger partial charge in [-0.25, -0.2) is 4.98 Å². The Bertz CT molecular complexity index is 666. The second-order valence-corrected chi connectivity index (χ2v) is 4.21. The van der Waals surface area contributed by atoms with Crippen molar-refractivity contribution in [2.24, 2.45) is 0 Å². The highest BCUT2D eigenvalue weighted by atomic mass is 35.5. The summed E-state index contributed by atoms with van der Waals surface area (Å²) < 4.78 is 5.68. The standard InChI is InChI=1S/C13H10ClN3O/c14-11-6-10-12(16-8-15-10)13(17-11)18-7-9-4-2-1-3-5-9/h1-6,8H,7H2,(H,15,16). The van der Waals surface area contributed by atoms with Crippen LogP contribution in [0, 0.1) is 0 Å². The number of rotatable bonds is 3. The lowest BCUT2D eigenvalue weighted by atomic mass is 10.2. The van der Waals surface area contributed by atoms with Crippen LogP contribution in [0.15, 0.2) is 42.7 Å². The smallest absolute Gasteiger partial charge is 0.241 e. The van der Waals surface area contributed by atoms with Crippen LogP contribution in [-0.4, -0.2) is 15.0 Å². The predicted octanol–water partition coefficient (Wildman–Crippen LogP) is 3.19. The van der Waals surface area contributed by atoms with E-state index in [1.807, 2.05) is 30.3 Å². The van der Waals surface area contributed by atoms with Gasteiger partial charge < -0.3 is 9.72 Å². The maximum Gasteiger partial charge on any atom is 0.241 e. The number of aromatic nitrogens is 3. The maximum absolute atomic E-state index is 5.92. The monoisotopic (exact) mass is 259 g/mol. The van der Waals surface area contributed by atoms with Gasteiger partial charge in [0.25, 0.3) is 0 Å². The average molecular weight is 260 g/mol. The van der Waals surface area contributed by atoms with Gasteiger partial charge in [-0.1, -0.05) is 41.9 Å². The van der Waals surface area contributed by atoms with E-state index in [-0.39, 0.29) is 0 Å². The molecular formula is C13H10ClN3O. The zero-order valence-electron chi connectivity index (χ0n) is 9.43. The molecule has 1 aromatic carbocycles. The molecule has 0 bridgehead atoms. The summed E-state index contributed by atoms with van der Waals surface area (Å²) in [6.45, 7) is 0.447. The van der Waals surface area contributed by atoms with Gasteiger partial charge in [-0.2, -0.15) is 4.98 Å². The van der Waals surface area contributed by atoms with Gasteiger partial charge in [0.05, 0.1) is 11.8 Å². The molecule has 0 radical (unpaired) electrons. The van der Waals surface area contributed by atoms with E-state index in [0.717, 1.165) is 16.6 Å². The SMILES string of the molecule is Clc1cc2nc[nH]c2c(OCc2ccccc2)n1. The fraction of sp³-hybridized carbons (Fsp3) is 0.0769. The molecule has 3 aromatic rings. The molecule has 1 N–H and O–H groups in total. The molecule has 0 aliphatic rings. The quantitative estimate of drug-likeness (QED) is 0.735. The van der Waals surface area contributed by atoms with Crippen molar-refractivity contribution in [3.63, 3.8) is 0 Å². The number of pyridine rings is 1. The Morgan fingerprint density at radius 3 is 2.89 bits per heavy atom. The summed E-state index contributed by atoms with van der Waals surface area (Å²) in [5, 5.41) is 0.373. The van der Waals surface area contributed by atoms with E-state index < -0.39 is 0 Å². The molecule has 0 aliphatic heterocycles. The fourth-order valence-corrected chi connectivity index (χ4v) is 1.89. The average Bonchev–Trinajstić information content (AvgIpc) is 2.85. The minimum absolute atomic E-state index is 0.373. The van der Waals surface area contributed by atoms with Gasteiger partial charge in [-0.3, -0.25) is 0 Å². The van der Waals surface area contributed by atoms with Crippen LogP contribution in [0.2, 0.25) is 5.15 Å². The van der Waals surface area contributed by atoms with Gasteiger partial charge in [0.2, 0.25) is 5.88 Å². The maximum atomic E-state index is 5.92. The molecule has 0 atom stereocenters. The number of H-pyrrole nitrogens is 1. The minimum Gasteiger partial charge on any atom is -0.471 e. The van der Waals surface area contributed by atoms with E-state index in [0.29, 0.717) is 17.6 Å². The Balaban J connectivity index is 1.88. The summed E-state index contributed by atoms with van der Waals surface area (Å²) >= 11 is 5.92. The van der Waals surface area contributed by atoms with Gasteiger partial charge in [-0.15, -0.1) is 0 Å². The second-order valence-electron chi connectivity index (χ2n) is 3.82. The third kappa shape index (κ3) is 2.15. The van der Waals surface area contributed by atoms with Crippen LogP contribution in [0.3, 0.4) is 0 Å². The van der Waals surface area contributed by atoms with E-state index in [1.165, 1.54) is 0 Å². The van der Waals surface area contributed by atoms with Crippen molar-refractivity contribution < 1.29 is 4.74 Å². The molecule has 0 saturated heterocycles. The second kappa shape index (κ2) is 4.66. The Morgan fingerprint density at radius 1 is 1.22 bits per heavy atom. The zero-order valence-corrected chi connectivity index (χ0v) is 10.2. The van der Waals surface area contributed by atoms with Gasteiger partial charge in [0, 0.05) is 6.07 Å². The number of hydrogen-bond donors (Lipinski definition) is 1. The lowest BCUT2D eigenvalue weighted by molar-refractivity contribution is 0.297. The molecule has 0 fully saturated rings. The number of hydrogen-bond acceptors (Lipinski definition) is 3. The number of nitrogens with one attached hydrogen (secondary N) is 1. The highest BCUT2D eigenvalue weighted by Gasteiger charge is 2.08. The summed E-state index contributed by atoms with van der Waals surface area (Å²) in [4.78, 5) is 11.3.